The number of rotatable bonds is 6. The van der Waals surface area contributed by atoms with Crippen molar-refractivity contribution in [1.82, 2.24) is 15.5 Å². The second-order valence-electron chi connectivity index (χ2n) is 4.85. The van der Waals surface area contributed by atoms with Crippen LogP contribution in [0.1, 0.15) is 29.8 Å². The van der Waals surface area contributed by atoms with Crippen LogP contribution in [0, 0.1) is 0 Å². The van der Waals surface area contributed by atoms with Crippen LogP contribution >= 0.6 is 0 Å². The molecule has 0 atom stereocenters. The van der Waals surface area contributed by atoms with Gasteiger partial charge in [-0.25, -0.2) is 0 Å². The molecule has 1 aliphatic heterocycles. The first-order valence-electron chi connectivity index (χ1n) is 7.03. The fourth-order valence-electron chi connectivity index (χ4n) is 2.13. The van der Waals surface area contributed by atoms with Crippen molar-refractivity contribution in [1.29, 1.82) is 0 Å². The molecule has 0 radical (unpaired) electrons. The Kier molecular flexibility index (Phi) is 5.36. The van der Waals surface area contributed by atoms with E-state index in [0.717, 1.165) is 25.9 Å². The highest BCUT2D eigenvalue weighted by Gasteiger charge is 2.18. The molecule has 7 heteroatoms. The normalized spacial score (nSPS) is 14.0. The molecule has 2 rings (SSSR count). The van der Waals surface area contributed by atoms with Gasteiger partial charge in [-0.15, -0.1) is 0 Å². The highest BCUT2D eigenvalue weighted by atomic mass is 16.3. The molecule has 1 fully saturated rings. The van der Waals surface area contributed by atoms with Gasteiger partial charge in [0.05, 0.1) is 12.8 Å². The molecule has 114 valence electrons. The van der Waals surface area contributed by atoms with E-state index in [0.29, 0.717) is 0 Å². The van der Waals surface area contributed by atoms with Gasteiger partial charge in [0.1, 0.15) is 0 Å². The van der Waals surface area contributed by atoms with Crippen LogP contribution in [0.25, 0.3) is 0 Å². The van der Waals surface area contributed by atoms with Gasteiger partial charge in [0.15, 0.2) is 5.76 Å². The maximum absolute atomic E-state index is 11.7. The van der Waals surface area contributed by atoms with E-state index in [2.05, 4.69) is 10.6 Å². The summed E-state index contributed by atoms with van der Waals surface area (Å²) in [5.41, 5.74) is 0. The molecule has 1 aromatic heterocycles. The number of hydrogen-bond acceptors (Lipinski definition) is 4. The van der Waals surface area contributed by atoms with Crippen molar-refractivity contribution < 1.29 is 18.8 Å². The van der Waals surface area contributed by atoms with E-state index < -0.39 is 0 Å². The van der Waals surface area contributed by atoms with Crippen molar-refractivity contribution in [2.45, 2.75) is 19.3 Å². The van der Waals surface area contributed by atoms with Crippen LogP contribution < -0.4 is 10.6 Å². The molecule has 3 amide bonds. The summed E-state index contributed by atoms with van der Waals surface area (Å²) in [6, 6.07) is 3.16. The second-order valence-corrected chi connectivity index (χ2v) is 4.85. The molecule has 0 spiro atoms. The van der Waals surface area contributed by atoms with Gasteiger partial charge >= 0.3 is 0 Å². The summed E-state index contributed by atoms with van der Waals surface area (Å²) in [5, 5.41) is 5.13. The maximum atomic E-state index is 11.7. The zero-order valence-corrected chi connectivity index (χ0v) is 11.8. The van der Waals surface area contributed by atoms with E-state index in [1.54, 1.807) is 17.0 Å². The smallest absolute Gasteiger partial charge is 0.286 e. The van der Waals surface area contributed by atoms with Crippen molar-refractivity contribution in [3.63, 3.8) is 0 Å². The van der Waals surface area contributed by atoms with E-state index in [1.807, 2.05) is 0 Å². The van der Waals surface area contributed by atoms with E-state index in [9.17, 15) is 14.4 Å². The Morgan fingerprint density at radius 3 is 2.62 bits per heavy atom. The van der Waals surface area contributed by atoms with Gasteiger partial charge in [0.25, 0.3) is 5.91 Å². The summed E-state index contributed by atoms with van der Waals surface area (Å²) in [4.78, 5) is 36.6. The third kappa shape index (κ3) is 4.62. The van der Waals surface area contributed by atoms with Crippen molar-refractivity contribution in [3.05, 3.63) is 24.2 Å². The lowest BCUT2D eigenvalue weighted by Gasteiger charge is -2.15. The molecule has 7 nitrogen and oxygen atoms in total. The van der Waals surface area contributed by atoms with E-state index in [1.165, 1.54) is 6.26 Å². The Hall–Kier alpha value is -2.31. The summed E-state index contributed by atoms with van der Waals surface area (Å²) < 4.78 is 4.93. The van der Waals surface area contributed by atoms with Crippen molar-refractivity contribution in [3.8, 4) is 0 Å². The first-order valence-corrected chi connectivity index (χ1v) is 7.03. The Morgan fingerprint density at radius 2 is 1.95 bits per heavy atom. The Morgan fingerprint density at radius 1 is 1.19 bits per heavy atom. The second kappa shape index (κ2) is 7.47. The minimum absolute atomic E-state index is 0.0188. The summed E-state index contributed by atoms with van der Waals surface area (Å²) in [6.45, 7) is 1.76. The molecule has 0 bridgehead atoms. The standard InChI is InChI=1S/C14H19N3O4/c18-12(16-10-13(19)17-7-1-2-8-17)5-6-15-14(20)11-4-3-9-21-11/h3-4,9H,1-2,5-8,10H2,(H,15,20)(H,16,18). The fraction of sp³-hybridized carbons (Fsp3) is 0.500. The van der Waals surface area contributed by atoms with Gasteiger partial charge in [-0.3, -0.25) is 14.4 Å². The monoisotopic (exact) mass is 293 g/mol. The zero-order chi connectivity index (χ0) is 15.1. The third-order valence-corrected chi connectivity index (χ3v) is 3.28. The average Bonchev–Trinajstić information content (AvgIpc) is 3.16. The predicted octanol–water partition coefficient (Wildman–Crippen LogP) is 0.138. The largest absolute Gasteiger partial charge is 0.459 e. The maximum Gasteiger partial charge on any atom is 0.286 e. The van der Waals surface area contributed by atoms with E-state index in [-0.39, 0.29) is 43.0 Å². The third-order valence-electron chi connectivity index (χ3n) is 3.28. The molecule has 0 aromatic carbocycles. The lowest BCUT2D eigenvalue weighted by molar-refractivity contribution is -0.132. The topological polar surface area (TPSA) is 91.6 Å². The van der Waals surface area contributed by atoms with Crippen LogP contribution in [0.3, 0.4) is 0 Å². The molecule has 0 aliphatic carbocycles. The SMILES string of the molecule is O=C(CCNC(=O)c1ccco1)NCC(=O)N1CCCC1. The molecule has 21 heavy (non-hydrogen) atoms. The number of likely N-dealkylation sites (tertiary alicyclic amines) is 1. The first-order chi connectivity index (χ1) is 10.2. The number of furan rings is 1. The summed E-state index contributed by atoms with van der Waals surface area (Å²) >= 11 is 0. The molecule has 2 heterocycles. The Bertz CT molecular complexity index is 492. The van der Waals surface area contributed by atoms with Gasteiger partial charge < -0.3 is 20.0 Å². The fourth-order valence-corrected chi connectivity index (χ4v) is 2.13. The quantitative estimate of drug-likeness (QED) is 0.780. The summed E-state index contributed by atoms with van der Waals surface area (Å²) in [5.74, 6) is -0.469. The molecular weight excluding hydrogens is 274 g/mol. The molecule has 2 N–H and O–H groups in total. The number of carbonyl (C=O) groups is 3. The van der Waals surface area contributed by atoms with E-state index in [4.69, 9.17) is 4.42 Å². The molecule has 1 aliphatic rings. The molecule has 0 unspecified atom stereocenters. The number of amides is 3. The Balaban J connectivity index is 1.59. The first kappa shape index (κ1) is 15.1. The summed E-state index contributed by atoms with van der Waals surface area (Å²) in [6.07, 6.45) is 3.59. The van der Waals surface area contributed by atoms with Gasteiger partial charge in [-0.1, -0.05) is 0 Å². The highest BCUT2D eigenvalue weighted by Crippen LogP contribution is 2.06. The number of hydrogen-bond donors (Lipinski definition) is 2. The van der Waals surface area contributed by atoms with Crippen molar-refractivity contribution in [2.24, 2.45) is 0 Å². The van der Waals surface area contributed by atoms with Gasteiger partial charge in [-0.05, 0) is 25.0 Å². The zero-order valence-electron chi connectivity index (χ0n) is 11.8. The van der Waals surface area contributed by atoms with Crippen molar-refractivity contribution >= 4 is 17.7 Å². The number of nitrogens with zero attached hydrogens (tertiary/aromatic N) is 1. The van der Waals surface area contributed by atoms with Crippen molar-refractivity contribution in [2.75, 3.05) is 26.2 Å². The Labute approximate surface area is 122 Å². The van der Waals surface area contributed by atoms with Crippen LogP contribution in [0.15, 0.2) is 22.8 Å². The minimum Gasteiger partial charge on any atom is -0.459 e. The molecular formula is C14H19N3O4. The average molecular weight is 293 g/mol. The highest BCUT2D eigenvalue weighted by molar-refractivity contribution is 5.91. The van der Waals surface area contributed by atoms with Crippen LogP contribution in [-0.2, 0) is 9.59 Å². The predicted molar refractivity (Wildman–Crippen MR) is 74.5 cm³/mol. The molecule has 1 saturated heterocycles. The summed E-state index contributed by atoms with van der Waals surface area (Å²) in [7, 11) is 0. The molecule has 1 aromatic rings. The molecule has 0 saturated carbocycles. The van der Waals surface area contributed by atoms with Crippen LogP contribution in [0.2, 0.25) is 0 Å². The van der Waals surface area contributed by atoms with Gasteiger partial charge in [0, 0.05) is 26.1 Å². The lowest BCUT2D eigenvalue weighted by Crippen LogP contribution is -2.39. The van der Waals surface area contributed by atoms with Crippen LogP contribution in [-0.4, -0.2) is 48.8 Å². The minimum atomic E-state index is -0.360. The number of carbonyl (C=O) groups excluding carboxylic acids is 3. The van der Waals surface area contributed by atoms with Crippen LogP contribution in [0.5, 0.6) is 0 Å². The number of nitrogens with one attached hydrogen (secondary N) is 2. The van der Waals surface area contributed by atoms with E-state index >= 15 is 0 Å². The lowest BCUT2D eigenvalue weighted by atomic mass is 10.3. The van der Waals surface area contributed by atoms with Gasteiger partial charge in [-0.2, -0.15) is 0 Å². The van der Waals surface area contributed by atoms with Gasteiger partial charge in [0.2, 0.25) is 11.8 Å². The van der Waals surface area contributed by atoms with Crippen LogP contribution in [0.4, 0.5) is 0 Å².